The van der Waals surface area contributed by atoms with Crippen molar-refractivity contribution in [2.24, 2.45) is 0 Å². The average molecular weight is 1670 g/mol. The van der Waals surface area contributed by atoms with E-state index >= 15 is 0 Å². The van der Waals surface area contributed by atoms with Gasteiger partial charge in [-0.1, -0.05) is 147 Å². The summed E-state index contributed by atoms with van der Waals surface area (Å²) in [4.78, 5) is 95.8. The normalized spacial score (nSPS) is 9.86. The molecular formula is C99H127N7O16. The third kappa shape index (κ3) is 20.6. The predicted octanol–water partition coefficient (Wildman–Crippen LogP) is 26.1. The Morgan fingerprint density at radius 2 is 0.631 bits per heavy atom. The number of H-pyrrole nitrogens is 5. The summed E-state index contributed by atoms with van der Waals surface area (Å²) in [5.74, 6) is 0.418. The van der Waals surface area contributed by atoms with Gasteiger partial charge in [0.1, 0.15) is 40.2 Å². The number of aldehydes is 7. The van der Waals surface area contributed by atoms with E-state index in [1.165, 1.54) is 0 Å². The molecule has 7 heterocycles. The van der Waals surface area contributed by atoms with E-state index in [9.17, 15) is 69.3 Å². The molecule has 23 heteroatoms. The van der Waals surface area contributed by atoms with Crippen molar-refractivity contribution in [1.29, 1.82) is 0 Å². The Balaban J connectivity index is 0.000000695. The van der Waals surface area contributed by atoms with Crippen LogP contribution in [0.15, 0.2) is 101 Å². The highest BCUT2D eigenvalue weighted by Gasteiger charge is 2.23. The van der Waals surface area contributed by atoms with Gasteiger partial charge in [0.15, 0.2) is 49.6 Å². The summed E-state index contributed by atoms with van der Waals surface area (Å²) in [6, 6.07) is 17.8. The number of imidazole rings is 1. The molecule has 122 heavy (non-hydrogen) atoms. The van der Waals surface area contributed by atoms with Gasteiger partial charge in [0, 0.05) is 123 Å². The van der Waals surface area contributed by atoms with Crippen LogP contribution < -0.4 is 0 Å². The first-order chi connectivity index (χ1) is 57.0. The van der Waals surface area contributed by atoms with Crippen molar-refractivity contribution in [1.82, 2.24) is 35.1 Å². The number of aromatic nitrogens is 7. The maximum Gasteiger partial charge on any atom is 0.171 e. The summed E-state index contributed by atoms with van der Waals surface area (Å²) in [5, 5.41) is 82.4. The Morgan fingerprint density at radius 1 is 0.311 bits per heavy atom. The Kier molecular flexibility index (Phi) is 42.3. The summed E-state index contributed by atoms with van der Waals surface area (Å²) in [7, 11) is 0. The van der Waals surface area contributed by atoms with Gasteiger partial charge in [-0.2, -0.15) is 0 Å². The molecule has 0 spiro atoms. The molecule has 12 N–H and O–H groups in total. The average Bonchev–Trinajstić information content (AvgIpc) is 1.59. The van der Waals surface area contributed by atoms with Gasteiger partial charge < -0.3 is 69.6 Å². The predicted molar refractivity (Wildman–Crippen MR) is 503 cm³/mol. The number of hydrogen-bond acceptors (Lipinski definition) is 18. The molecule has 0 aliphatic carbocycles. The second-order valence-corrected chi connectivity index (χ2v) is 26.1. The highest BCUT2D eigenvalue weighted by molar-refractivity contribution is 6.14. The van der Waals surface area contributed by atoms with Gasteiger partial charge in [-0.05, 0) is 155 Å². The summed E-state index contributed by atoms with van der Waals surface area (Å²) in [5.41, 5.74) is 20.3. The lowest BCUT2D eigenvalue weighted by Gasteiger charge is -2.08. The number of aromatic amines is 5. The SMILES string of the molecule is C.C.C.CC.CC.CC.CC.CC.CC.Cc1c(C=O)c(O)c(C)c2[nH]ccc12.Cc1c(C=O)c(O)c(C)c2c(C)noc12.Cc1c(C=O)c(O)c(C)c2c1[nH]c1ccccc12.Cc1c(C=O)c(O)c(C)c2c1[nH]c1ccccc12.Cc1c(O)c(C=O)c(C)c2[nH]cnc12.Cc1c(O)c(C=O)c(C)c2c[nH]cc12.Cc1c(O)c(C=O)c(C)c2cocc12. The summed E-state index contributed by atoms with van der Waals surface area (Å²) >= 11 is 0. The molecule has 0 saturated carbocycles. The minimum absolute atomic E-state index is 0. The van der Waals surface area contributed by atoms with E-state index in [0.29, 0.717) is 111 Å². The van der Waals surface area contributed by atoms with Crippen molar-refractivity contribution in [3.8, 4) is 40.2 Å². The highest BCUT2D eigenvalue weighted by Crippen LogP contribution is 2.42. The van der Waals surface area contributed by atoms with E-state index < -0.39 is 0 Å². The molecule has 16 aromatic rings. The van der Waals surface area contributed by atoms with Crippen molar-refractivity contribution in [2.45, 2.75) is 209 Å². The van der Waals surface area contributed by atoms with E-state index in [0.717, 1.165) is 148 Å². The van der Waals surface area contributed by atoms with Gasteiger partial charge in [0.2, 0.25) is 0 Å². The number of furan rings is 1. The fraction of sp³-hybridized carbons (Fsp3) is 0.303. The largest absolute Gasteiger partial charge is 0.507 e. The van der Waals surface area contributed by atoms with Crippen LogP contribution >= 0.6 is 0 Å². The van der Waals surface area contributed by atoms with Crippen LogP contribution in [0.2, 0.25) is 0 Å². The smallest absolute Gasteiger partial charge is 0.171 e. The van der Waals surface area contributed by atoms with Crippen molar-refractivity contribution in [2.75, 3.05) is 0 Å². The van der Waals surface area contributed by atoms with Crippen LogP contribution in [0.25, 0.3) is 98.1 Å². The lowest BCUT2D eigenvalue weighted by molar-refractivity contribution is 0.111. The second-order valence-electron chi connectivity index (χ2n) is 26.1. The number of fused-ring (bicyclic) bond motifs is 11. The van der Waals surface area contributed by atoms with Crippen LogP contribution in [-0.2, 0) is 0 Å². The summed E-state index contributed by atoms with van der Waals surface area (Å²) in [6.07, 6.45) is 15.0. The van der Waals surface area contributed by atoms with Gasteiger partial charge in [0.25, 0.3) is 0 Å². The van der Waals surface area contributed by atoms with Gasteiger partial charge in [-0.25, -0.2) is 4.98 Å². The molecule has 0 aliphatic heterocycles. The van der Waals surface area contributed by atoms with E-state index in [-0.39, 0.29) is 68.1 Å². The van der Waals surface area contributed by atoms with Crippen LogP contribution in [0.1, 0.15) is 261 Å². The van der Waals surface area contributed by atoms with Crippen LogP contribution in [0, 0.1) is 104 Å². The van der Waals surface area contributed by atoms with Crippen molar-refractivity contribution >= 4 is 142 Å². The number of hydrogen-bond donors (Lipinski definition) is 12. The molecule has 0 unspecified atom stereocenters. The van der Waals surface area contributed by atoms with Crippen molar-refractivity contribution in [3.63, 3.8) is 0 Å². The topological polar surface area (TPSA) is 392 Å². The maximum absolute atomic E-state index is 11.1. The number of phenols is 7. The lowest BCUT2D eigenvalue weighted by atomic mass is 9.98. The molecular weight excluding hydrogens is 1540 g/mol. The first kappa shape index (κ1) is 106. The van der Waals surface area contributed by atoms with E-state index in [4.69, 9.17) is 8.94 Å². The van der Waals surface area contributed by atoms with Gasteiger partial charge in [0.05, 0.1) is 96.5 Å². The van der Waals surface area contributed by atoms with Crippen molar-refractivity contribution in [3.05, 3.63) is 215 Å². The van der Waals surface area contributed by atoms with Crippen LogP contribution in [-0.4, -0.2) is 115 Å². The molecule has 16 rings (SSSR count). The van der Waals surface area contributed by atoms with E-state index in [2.05, 4.69) is 35.1 Å². The molecule has 0 atom stereocenters. The minimum Gasteiger partial charge on any atom is -0.507 e. The summed E-state index contributed by atoms with van der Waals surface area (Å²) < 4.78 is 10.2. The van der Waals surface area contributed by atoms with Crippen molar-refractivity contribution < 1.29 is 78.2 Å². The number of nitrogens with one attached hydrogen (secondary N) is 5. The monoisotopic (exact) mass is 1670 g/mol. The third-order valence-electron chi connectivity index (χ3n) is 20.3. The highest BCUT2D eigenvalue weighted by atomic mass is 16.5. The quantitative estimate of drug-likeness (QED) is 0.0659. The minimum atomic E-state index is 0. The zero-order valence-corrected chi connectivity index (χ0v) is 73.4. The zero-order valence-electron chi connectivity index (χ0n) is 73.4. The number of nitrogens with zero attached hydrogens (tertiary/aromatic N) is 2. The maximum atomic E-state index is 11.1. The number of carbonyl (C=O) groups is 7. The second kappa shape index (κ2) is 48.5. The molecule has 9 aromatic carbocycles. The lowest BCUT2D eigenvalue weighted by Crippen LogP contribution is -1.92. The van der Waals surface area contributed by atoms with Crippen LogP contribution in [0.3, 0.4) is 0 Å². The van der Waals surface area contributed by atoms with Gasteiger partial charge in [-0.3, -0.25) is 33.6 Å². The van der Waals surface area contributed by atoms with Crippen LogP contribution in [0.5, 0.6) is 40.2 Å². The van der Waals surface area contributed by atoms with Gasteiger partial charge >= 0.3 is 0 Å². The Hall–Kier alpha value is -13.6. The zero-order chi connectivity index (χ0) is 90.1. The standard InChI is InChI=1S/2C15H13NO2.C11H11NO3.2C11H11NO2.C11H10O3.C10H10N2O2.6C2H6.3CH4/c2*1-8-11(7-17)15(18)9(2)13-10-5-3-4-6-12(10)16-14(8)13;1-5-8(4-13)10(14)6(2)9-7(3)12-15-11(5)9;1-6-8-3-12-4-9(8)7(2)11(14)10(6)5-13;1-6-8-3-4-12-10(8)7(2)11(14)9(6)5-13;1-6-8(3-12)11(13)7(2)10-5-14-4-9(6)10;1-5-7(3-13)10(14)6(2)9-8(5)11-4-12-9;6*1-2;;;/h2*3-7,16,18H,1-2H3;4,14H,1-3H3;2*3-5,12,14H,1-2H3;3-5,13H,1-2H3;3-4,14H,1-2H3,(H,11,12);6*1-2H3;3*1H4. The molecule has 0 saturated heterocycles. The number of rotatable bonds is 7. The molecule has 0 aliphatic rings. The van der Waals surface area contributed by atoms with Crippen LogP contribution in [0.4, 0.5) is 0 Å². The fourth-order valence-corrected chi connectivity index (χ4v) is 13.9. The van der Waals surface area contributed by atoms with E-state index in [1.54, 1.807) is 87.4 Å². The fourth-order valence-electron chi connectivity index (χ4n) is 13.9. The first-order valence-electron chi connectivity index (χ1n) is 39.6. The number of para-hydroxylation sites is 2. The molecule has 23 nitrogen and oxygen atoms in total. The Bertz CT molecular complexity index is 5770. The van der Waals surface area contributed by atoms with Gasteiger partial charge in [-0.15, -0.1) is 0 Å². The molecule has 0 bridgehead atoms. The number of benzene rings is 9. The Labute approximate surface area is 715 Å². The molecule has 654 valence electrons. The Morgan fingerprint density at radius 3 is 1.05 bits per heavy atom. The van der Waals surface area contributed by atoms with E-state index in [1.807, 2.05) is 192 Å². The molecule has 7 aromatic heterocycles. The summed E-state index contributed by atoms with van der Waals surface area (Å²) in [6.45, 7) is 51.0. The first-order valence-corrected chi connectivity index (χ1v) is 39.6. The third-order valence-corrected chi connectivity index (χ3v) is 20.3. The molecule has 0 fully saturated rings. The number of carbonyl (C=O) groups excluding carboxylic acids is 7. The number of phenolic OH excluding ortho intramolecular Hbond substituents is 7. The number of aryl methyl sites for hydroxylation is 15. The molecule has 0 radical (unpaired) electrons. The molecule has 0 amide bonds. The number of aromatic hydroxyl groups is 7.